The number of nitrogens with zero attached hydrogens (tertiary/aromatic N) is 2. The quantitative estimate of drug-likeness (QED) is 0.814. The van der Waals surface area contributed by atoms with E-state index >= 15 is 0 Å². The molecular weight excluding hydrogens is 312 g/mol. The van der Waals surface area contributed by atoms with Gasteiger partial charge in [0.1, 0.15) is 5.58 Å². The molecule has 2 heterocycles. The van der Waals surface area contributed by atoms with Crippen molar-refractivity contribution in [3.8, 4) is 0 Å². The van der Waals surface area contributed by atoms with Crippen LogP contribution in [-0.2, 0) is 10.0 Å². The molecule has 126 valence electrons. The highest BCUT2D eigenvalue weighted by molar-refractivity contribution is 7.89. The number of furan rings is 1. The highest BCUT2D eigenvalue weighted by Crippen LogP contribution is 2.28. The van der Waals surface area contributed by atoms with Crippen molar-refractivity contribution in [2.24, 2.45) is 5.92 Å². The Kier molecular flexibility index (Phi) is 4.75. The van der Waals surface area contributed by atoms with E-state index in [1.54, 1.807) is 16.4 Å². The highest BCUT2D eigenvalue weighted by Gasteiger charge is 2.34. The Bertz CT molecular complexity index is 736. The summed E-state index contributed by atoms with van der Waals surface area (Å²) in [7, 11) is -1.44. The smallest absolute Gasteiger partial charge is 0.276 e. The van der Waals surface area contributed by atoms with Gasteiger partial charge in [-0.05, 0) is 38.4 Å². The molecule has 2 aromatic rings. The number of hydrogen-bond donors (Lipinski definition) is 0. The lowest BCUT2D eigenvalue weighted by Gasteiger charge is -2.20. The van der Waals surface area contributed by atoms with Gasteiger partial charge in [-0.3, -0.25) is 0 Å². The van der Waals surface area contributed by atoms with Gasteiger partial charge in [0, 0.05) is 31.1 Å². The zero-order valence-electron chi connectivity index (χ0n) is 13.7. The fourth-order valence-electron chi connectivity index (χ4n) is 3.29. The van der Waals surface area contributed by atoms with Crippen LogP contribution in [0.1, 0.15) is 19.8 Å². The van der Waals surface area contributed by atoms with E-state index in [2.05, 4.69) is 18.9 Å². The molecule has 1 aromatic carbocycles. The fraction of sp³-hybridized carbons (Fsp3) is 0.529. The number of benzene rings is 1. The molecule has 0 spiro atoms. The molecule has 3 rings (SSSR count). The van der Waals surface area contributed by atoms with E-state index in [0.29, 0.717) is 24.6 Å². The van der Waals surface area contributed by atoms with Crippen LogP contribution < -0.4 is 0 Å². The molecule has 0 bridgehead atoms. The number of fused-ring (bicyclic) bond motifs is 1. The summed E-state index contributed by atoms with van der Waals surface area (Å²) in [5, 5.41) is 0.880. The molecule has 1 fully saturated rings. The standard InChI is InChI=1S/C17H24N2O3S/c1-3-9-18(2)12-14-8-10-19(13-14)23(20,21)17-11-15-6-4-5-7-16(15)22-17/h4-7,11,14H,3,8-10,12-13H2,1-2H3/t14-/m0/s1. The summed E-state index contributed by atoms with van der Waals surface area (Å²) in [6.07, 6.45) is 2.03. The molecule has 0 aliphatic carbocycles. The van der Waals surface area contributed by atoms with Crippen LogP contribution in [0.4, 0.5) is 0 Å². The SMILES string of the molecule is CCCN(C)C[C@@H]1CCN(S(=O)(=O)c2cc3ccccc3o2)C1. The van der Waals surface area contributed by atoms with Crippen LogP contribution in [0.3, 0.4) is 0 Å². The third-order valence-electron chi connectivity index (χ3n) is 4.42. The molecule has 0 radical (unpaired) electrons. The van der Waals surface area contributed by atoms with Gasteiger partial charge in [-0.1, -0.05) is 25.1 Å². The lowest BCUT2D eigenvalue weighted by Crippen LogP contribution is -2.31. The van der Waals surface area contributed by atoms with E-state index in [1.807, 2.05) is 18.2 Å². The Balaban J connectivity index is 1.73. The molecule has 23 heavy (non-hydrogen) atoms. The summed E-state index contributed by atoms with van der Waals surface area (Å²) < 4.78 is 32.7. The van der Waals surface area contributed by atoms with E-state index in [4.69, 9.17) is 4.42 Å². The van der Waals surface area contributed by atoms with E-state index in [1.165, 1.54) is 0 Å². The zero-order chi connectivity index (χ0) is 16.4. The van der Waals surface area contributed by atoms with Crippen molar-refractivity contribution in [1.29, 1.82) is 0 Å². The number of para-hydroxylation sites is 1. The second-order valence-electron chi connectivity index (χ2n) is 6.38. The normalized spacial score (nSPS) is 19.9. The lowest BCUT2D eigenvalue weighted by molar-refractivity contribution is 0.280. The van der Waals surface area contributed by atoms with Gasteiger partial charge in [-0.25, -0.2) is 8.42 Å². The lowest BCUT2D eigenvalue weighted by atomic mass is 10.1. The Morgan fingerprint density at radius 2 is 2.13 bits per heavy atom. The first-order chi connectivity index (χ1) is 11.0. The van der Waals surface area contributed by atoms with E-state index in [9.17, 15) is 8.42 Å². The third kappa shape index (κ3) is 3.44. The van der Waals surface area contributed by atoms with E-state index < -0.39 is 10.0 Å². The molecule has 6 heteroatoms. The highest BCUT2D eigenvalue weighted by atomic mass is 32.2. The molecule has 0 N–H and O–H groups in total. The van der Waals surface area contributed by atoms with Crippen molar-refractivity contribution in [3.63, 3.8) is 0 Å². The van der Waals surface area contributed by atoms with Crippen molar-refractivity contribution < 1.29 is 12.8 Å². The van der Waals surface area contributed by atoms with Crippen LogP contribution in [0.25, 0.3) is 11.0 Å². The molecular formula is C17H24N2O3S. The van der Waals surface area contributed by atoms with Gasteiger partial charge in [-0.2, -0.15) is 4.31 Å². The molecule has 1 saturated heterocycles. The van der Waals surface area contributed by atoms with Gasteiger partial charge in [0.2, 0.25) is 5.09 Å². The summed E-state index contributed by atoms with van der Waals surface area (Å²) >= 11 is 0. The second-order valence-corrected chi connectivity index (χ2v) is 8.25. The predicted molar refractivity (Wildman–Crippen MR) is 90.9 cm³/mol. The monoisotopic (exact) mass is 336 g/mol. The van der Waals surface area contributed by atoms with Crippen LogP contribution in [-0.4, -0.2) is 50.8 Å². The molecule has 5 nitrogen and oxygen atoms in total. The summed E-state index contributed by atoms with van der Waals surface area (Å²) in [6.45, 7) is 5.30. The van der Waals surface area contributed by atoms with Crippen molar-refractivity contribution in [2.45, 2.75) is 24.9 Å². The first-order valence-electron chi connectivity index (χ1n) is 8.18. The summed E-state index contributed by atoms with van der Waals surface area (Å²) in [5.74, 6) is 0.394. The first kappa shape index (κ1) is 16.5. The maximum absolute atomic E-state index is 12.8. The molecule has 1 aliphatic rings. The minimum atomic E-state index is -3.53. The van der Waals surface area contributed by atoms with Gasteiger partial charge < -0.3 is 9.32 Å². The Hall–Kier alpha value is -1.37. The van der Waals surface area contributed by atoms with Gasteiger partial charge >= 0.3 is 0 Å². The minimum absolute atomic E-state index is 0.0567. The maximum atomic E-state index is 12.8. The topological polar surface area (TPSA) is 53.8 Å². The van der Waals surface area contributed by atoms with Crippen LogP contribution >= 0.6 is 0 Å². The molecule has 0 amide bonds. The molecule has 0 saturated carbocycles. The van der Waals surface area contributed by atoms with Gasteiger partial charge in [0.15, 0.2) is 0 Å². The zero-order valence-corrected chi connectivity index (χ0v) is 14.6. The number of hydrogen-bond acceptors (Lipinski definition) is 4. The maximum Gasteiger partial charge on any atom is 0.276 e. The summed E-state index contributed by atoms with van der Waals surface area (Å²) in [6, 6.07) is 9.01. The van der Waals surface area contributed by atoms with E-state index in [0.717, 1.165) is 31.3 Å². The molecule has 0 unspecified atom stereocenters. The van der Waals surface area contributed by atoms with Crippen molar-refractivity contribution in [3.05, 3.63) is 30.3 Å². The number of sulfonamides is 1. The van der Waals surface area contributed by atoms with E-state index in [-0.39, 0.29) is 5.09 Å². The Morgan fingerprint density at radius 3 is 2.87 bits per heavy atom. The third-order valence-corrected chi connectivity index (χ3v) is 6.14. The van der Waals surface area contributed by atoms with Crippen LogP contribution in [0.2, 0.25) is 0 Å². The van der Waals surface area contributed by atoms with Crippen LogP contribution in [0, 0.1) is 5.92 Å². The van der Waals surface area contributed by atoms with Crippen LogP contribution in [0.5, 0.6) is 0 Å². The van der Waals surface area contributed by atoms with Gasteiger partial charge in [-0.15, -0.1) is 0 Å². The fourth-order valence-corrected chi connectivity index (χ4v) is 4.77. The molecule has 1 atom stereocenters. The van der Waals surface area contributed by atoms with Gasteiger partial charge in [0.25, 0.3) is 10.0 Å². The Labute approximate surface area is 137 Å². The predicted octanol–water partition coefficient (Wildman–Crippen LogP) is 2.79. The average molecular weight is 336 g/mol. The van der Waals surface area contributed by atoms with Crippen molar-refractivity contribution >= 4 is 21.0 Å². The largest absolute Gasteiger partial charge is 0.443 e. The van der Waals surface area contributed by atoms with Crippen molar-refractivity contribution in [1.82, 2.24) is 9.21 Å². The molecule has 1 aliphatic heterocycles. The second kappa shape index (κ2) is 6.63. The molecule has 1 aromatic heterocycles. The minimum Gasteiger partial charge on any atom is -0.443 e. The van der Waals surface area contributed by atoms with Crippen LogP contribution in [0.15, 0.2) is 39.8 Å². The first-order valence-corrected chi connectivity index (χ1v) is 9.62. The summed E-state index contributed by atoms with van der Waals surface area (Å²) in [4.78, 5) is 2.28. The number of rotatable bonds is 6. The van der Waals surface area contributed by atoms with Crippen molar-refractivity contribution in [2.75, 3.05) is 33.2 Å². The average Bonchev–Trinajstić information content (AvgIpc) is 3.14. The Morgan fingerprint density at radius 1 is 1.35 bits per heavy atom. The summed E-state index contributed by atoms with van der Waals surface area (Å²) in [5.41, 5.74) is 0.615. The van der Waals surface area contributed by atoms with Gasteiger partial charge in [0.05, 0.1) is 0 Å².